The van der Waals surface area contributed by atoms with Crippen molar-refractivity contribution in [1.82, 2.24) is 0 Å². The van der Waals surface area contributed by atoms with Gasteiger partial charge in [0.2, 0.25) is 0 Å². The van der Waals surface area contributed by atoms with Gasteiger partial charge in [-0.05, 0) is 23.8 Å². The van der Waals surface area contributed by atoms with Crippen LogP contribution in [0.1, 0.15) is 27.2 Å². The highest BCUT2D eigenvalue weighted by Crippen LogP contribution is 2.33. The van der Waals surface area contributed by atoms with Gasteiger partial charge in [-0.3, -0.25) is 0 Å². The van der Waals surface area contributed by atoms with E-state index < -0.39 is 12.3 Å². The summed E-state index contributed by atoms with van der Waals surface area (Å²) in [6.07, 6.45) is -0.0295. The zero-order chi connectivity index (χ0) is 10.7. The molecule has 0 aromatic heterocycles. The Balaban J connectivity index is 2.78. The van der Waals surface area contributed by atoms with E-state index in [1.807, 2.05) is 13.8 Å². The molecule has 80 valence electrons. The van der Waals surface area contributed by atoms with Crippen LogP contribution in [0.25, 0.3) is 10.4 Å². The molecule has 0 aromatic rings. The van der Waals surface area contributed by atoms with E-state index in [-0.39, 0.29) is 12.0 Å². The van der Waals surface area contributed by atoms with Crippen LogP contribution in [0.15, 0.2) is 5.11 Å². The van der Waals surface area contributed by atoms with E-state index in [2.05, 4.69) is 16.9 Å². The molecule has 1 heterocycles. The lowest BCUT2D eigenvalue weighted by atomic mass is 9.81. The number of azide groups is 1. The van der Waals surface area contributed by atoms with Crippen molar-refractivity contribution < 1.29 is 9.84 Å². The van der Waals surface area contributed by atoms with Crippen LogP contribution in [0.5, 0.6) is 0 Å². The first kappa shape index (κ1) is 11.3. The van der Waals surface area contributed by atoms with Gasteiger partial charge in [0.05, 0.1) is 12.1 Å². The lowest BCUT2D eigenvalue weighted by Crippen LogP contribution is -2.47. The summed E-state index contributed by atoms with van der Waals surface area (Å²) in [7, 11) is 0. The zero-order valence-corrected chi connectivity index (χ0v) is 8.79. The van der Waals surface area contributed by atoms with E-state index >= 15 is 0 Å². The van der Waals surface area contributed by atoms with E-state index in [1.54, 1.807) is 0 Å². The van der Waals surface area contributed by atoms with Crippen LogP contribution in [0.3, 0.4) is 0 Å². The zero-order valence-electron chi connectivity index (χ0n) is 8.79. The van der Waals surface area contributed by atoms with E-state index in [4.69, 9.17) is 10.3 Å². The van der Waals surface area contributed by atoms with Crippen molar-refractivity contribution in [3.8, 4) is 0 Å². The predicted octanol–water partition coefficient (Wildman–Crippen LogP) is 2.06. The third-order valence-electron chi connectivity index (χ3n) is 3.15. The summed E-state index contributed by atoms with van der Waals surface area (Å²) < 4.78 is 5.37. The highest BCUT2D eigenvalue weighted by molar-refractivity contribution is 4.88. The standard InChI is InChI=1S/C9H17N3O2/c1-4-7-5(2)6(3)8(11-12-10)9(13)14-7/h5-9,13H,4H2,1-3H3/t5-,6-,7?,8?,9?/m0/s1. The maximum Gasteiger partial charge on any atom is 0.163 e. The molecule has 1 rings (SSSR count). The lowest BCUT2D eigenvalue weighted by molar-refractivity contribution is -0.205. The summed E-state index contributed by atoms with van der Waals surface area (Å²) in [5.41, 5.74) is 8.36. The van der Waals surface area contributed by atoms with Gasteiger partial charge in [-0.2, -0.15) is 0 Å². The second kappa shape index (κ2) is 4.64. The highest BCUT2D eigenvalue weighted by atomic mass is 16.6. The van der Waals surface area contributed by atoms with Crippen LogP contribution in [-0.4, -0.2) is 23.5 Å². The molecule has 0 radical (unpaired) electrons. The normalized spacial score (nSPS) is 43.0. The number of aliphatic hydroxyl groups is 1. The third-order valence-corrected chi connectivity index (χ3v) is 3.15. The molecule has 0 spiro atoms. The summed E-state index contributed by atoms with van der Waals surface area (Å²) >= 11 is 0. The summed E-state index contributed by atoms with van der Waals surface area (Å²) in [6, 6.07) is -0.460. The number of rotatable bonds is 2. The summed E-state index contributed by atoms with van der Waals surface area (Å²) in [6.45, 7) is 6.07. The van der Waals surface area contributed by atoms with Gasteiger partial charge in [0.15, 0.2) is 6.29 Å². The maximum atomic E-state index is 9.60. The second-order valence-corrected chi connectivity index (χ2v) is 3.89. The number of ether oxygens (including phenoxy) is 1. The Morgan fingerprint density at radius 3 is 2.57 bits per heavy atom. The Labute approximate surface area is 83.7 Å². The molecule has 1 aliphatic heterocycles. The van der Waals surface area contributed by atoms with E-state index in [9.17, 15) is 5.11 Å². The van der Waals surface area contributed by atoms with Crippen LogP contribution in [0.2, 0.25) is 0 Å². The van der Waals surface area contributed by atoms with Gasteiger partial charge in [-0.1, -0.05) is 25.9 Å². The first-order chi connectivity index (χ1) is 6.61. The van der Waals surface area contributed by atoms with Gasteiger partial charge < -0.3 is 9.84 Å². The second-order valence-electron chi connectivity index (χ2n) is 3.89. The number of hydrogen-bond donors (Lipinski definition) is 1. The molecule has 14 heavy (non-hydrogen) atoms. The maximum absolute atomic E-state index is 9.60. The predicted molar refractivity (Wildman–Crippen MR) is 52.4 cm³/mol. The van der Waals surface area contributed by atoms with Crippen LogP contribution in [-0.2, 0) is 4.74 Å². The third kappa shape index (κ3) is 2.00. The van der Waals surface area contributed by atoms with Crippen LogP contribution in [0.4, 0.5) is 0 Å². The van der Waals surface area contributed by atoms with Crippen molar-refractivity contribution in [2.24, 2.45) is 17.0 Å². The number of nitrogens with zero attached hydrogens (tertiary/aromatic N) is 3. The largest absolute Gasteiger partial charge is 0.368 e. The first-order valence-electron chi connectivity index (χ1n) is 4.99. The summed E-state index contributed by atoms with van der Waals surface area (Å²) in [4.78, 5) is 2.73. The van der Waals surface area contributed by atoms with Gasteiger partial charge in [0.25, 0.3) is 0 Å². The smallest absolute Gasteiger partial charge is 0.163 e. The molecule has 5 nitrogen and oxygen atoms in total. The summed E-state index contributed by atoms with van der Waals surface area (Å²) in [5, 5.41) is 13.2. The fourth-order valence-corrected chi connectivity index (χ4v) is 1.98. The molecule has 1 aliphatic rings. The minimum absolute atomic E-state index is 0.0603. The van der Waals surface area contributed by atoms with Crippen molar-refractivity contribution in [3.05, 3.63) is 10.4 Å². The number of aliphatic hydroxyl groups excluding tert-OH is 1. The molecule has 0 aliphatic carbocycles. The van der Waals surface area contributed by atoms with Crippen molar-refractivity contribution in [2.45, 2.75) is 45.6 Å². The van der Waals surface area contributed by atoms with Crippen LogP contribution in [0, 0.1) is 11.8 Å². The topological polar surface area (TPSA) is 78.2 Å². The monoisotopic (exact) mass is 199 g/mol. The quantitative estimate of drug-likeness (QED) is 0.419. The summed E-state index contributed by atoms with van der Waals surface area (Å²) in [5.74, 6) is 0.457. The Morgan fingerprint density at radius 1 is 1.43 bits per heavy atom. The molecule has 3 unspecified atom stereocenters. The van der Waals surface area contributed by atoms with E-state index in [0.29, 0.717) is 5.92 Å². The Bertz CT molecular complexity index is 240. The highest BCUT2D eigenvalue weighted by Gasteiger charge is 2.39. The molecule has 1 N–H and O–H groups in total. The number of hydrogen-bond acceptors (Lipinski definition) is 3. The molecule has 0 bridgehead atoms. The van der Waals surface area contributed by atoms with Gasteiger partial charge in [0, 0.05) is 4.91 Å². The van der Waals surface area contributed by atoms with Crippen molar-refractivity contribution >= 4 is 0 Å². The molecule has 0 saturated carbocycles. The average molecular weight is 199 g/mol. The van der Waals surface area contributed by atoms with Crippen molar-refractivity contribution in [3.63, 3.8) is 0 Å². The molecular formula is C9H17N3O2. The molecule has 5 heteroatoms. The molecule has 1 fully saturated rings. The fraction of sp³-hybridized carbons (Fsp3) is 1.00. The van der Waals surface area contributed by atoms with Gasteiger partial charge in [0.1, 0.15) is 0 Å². The van der Waals surface area contributed by atoms with Gasteiger partial charge in [-0.25, -0.2) is 0 Å². The van der Waals surface area contributed by atoms with Gasteiger partial charge in [-0.15, -0.1) is 0 Å². The van der Waals surface area contributed by atoms with E-state index in [1.165, 1.54) is 0 Å². The molecule has 5 atom stereocenters. The Hall–Kier alpha value is -0.770. The minimum atomic E-state index is -0.956. The van der Waals surface area contributed by atoms with Crippen LogP contribution < -0.4 is 0 Å². The molecular weight excluding hydrogens is 182 g/mol. The SMILES string of the molecule is CCC1OC(O)C(N=[N+]=[N-])[C@@H](C)[C@@H]1C. The minimum Gasteiger partial charge on any atom is -0.368 e. The van der Waals surface area contributed by atoms with Gasteiger partial charge >= 0.3 is 0 Å². The Morgan fingerprint density at radius 2 is 2.07 bits per heavy atom. The molecule has 0 aromatic carbocycles. The van der Waals surface area contributed by atoms with E-state index in [0.717, 1.165) is 6.42 Å². The average Bonchev–Trinajstić information content (AvgIpc) is 2.18. The van der Waals surface area contributed by atoms with Crippen LogP contribution >= 0.6 is 0 Å². The van der Waals surface area contributed by atoms with Crippen molar-refractivity contribution in [2.75, 3.05) is 0 Å². The lowest BCUT2D eigenvalue weighted by Gasteiger charge is -2.40. The van der Waals surface area contributed by atoms with Crippen molar-refractivity contribution in [1.29, 1.82) is 0 Å². The molecule has 1 saturated heterocycles. The first-order valence-corrected chi connectivity index (χ1v) is 4.99. The molecule has 0 amide bonds. The fourth-order valence-electron chi connectivity index (χ4n) is 1.98. The Kier molecular flexibility index (Phi) is 3.75.